The molecule has 3 heteroatoms. The van der Waals surface area contributed by atoms with Crippen LogP contribution in [0.25, 0.3) is 0 Å². The zero-order valence-electron chi connectivity index (χ0n) is 9.53. The third kappa shape index (κ3) is 4.30. The molecule has 1 atom stereocenters. The fourth-order valence-electron chi connectivity index (χ4n) is 1.51. The quantitative estimate of drug-likeness (QED) is 0.753. The van der Waals surface area contributed by atoms with Gasteiger partial charge in [-0.3, -0.25) is 0 Å². The summed E-state index contributed by atoms with van der Waals surface area (Å²) in [4.78, 5) is 4.23. The lowest BCUT2D eigenvalue weighted by Crippen LogP contribution is -2.15. The summed E-state index contributed by atoms with van der Waals surface area (Å²) in [5.74, 6) is 1.45. The van der Waals surface area contributed by atoms with Crippen LogP contribution in [0.4, 0.5) is 5.82 Å². The molecule has 0 spiro atoms. The summed E-state index contributed by atoms with van der Waals surface area (Å²) < 4.78 is 0. The van der Waals surface area contributed by atoms with Gasteiger partial charge in [-0.05, 0) is 37.0 Å². The summed E-state index contributed by atoms with van der Waals surface area (Å²) in [5, 5.41) is 12.2. The molecule has 0 saturated heterocycles. The maximum Gasteiger partial charge on any atom is 0.126 e. The van der Waals surface area contributed by atoms with Gasteiger partial charge in [0.1, 0.15) is 5.82 Å². The van der Waals surface area contributed by atoms with E-state index >= 15 is 0 Å². The Bertz CT molecular complexity index is 289. The number of aliphatic hydroxyl groups is 1. The van der Waals surface area contributed by atoms with Crippen LogP contribution in [-0.4, -0.2) is 23.2 Å². The summed E-state index contributed by atoms with van der Waals surface area (Å²) in [6.07, 6.45) is 3.75. The number of pyridine rings is 1. The minimum absolute atomic E-state index is 0.265. The highest BCUT2D eigenvalue weighted by Gasteiger charge is 2.05. The van der Waals surface area contributed by atoms with Crippen molar-refractivity contribution in [2.24, 2.45) is 5.92 Å². The molecule has 0 fully saturated rings. The highest BCUT2D eigenvalue weighted by molar-refractivity contribution is 5.36. The van der Waals surface area contributed by atoms with E-state index in [2.05, 4.69) is 24.1 Å². The molecule has 15 heavy (non-hydrogen) atoms. The average molecular weight is 208 g/mol. The van der Waals surface area contributed by atoms with Crippen molar-refractivity contribution in [1.82, 2.24) is 4.98 Å². The first-order valence-electron chi connectivity index (χ1n) is 5.53. The number of aliphatic hydroxyl groups excluding tert-OH is 1. The number of rotatable bonds is 6. The van der Waals surface area contributed by atoms with Crippen LogP contribution in [0.5, 0.6) is 0 Å². The highest BCUT2D eigenvalue weighted by Crippen LogP contribution is 2.10. The highest BCUT2D eigenvalue weighted by atomic mass is 16.3. The van der Waals surface area contributed by atoms with E-state index in [1.54, 1.807) is 0 Å². The molecule has 1 unspecified atom stereocenters. The predicted molar refractivity (Wildman–Crippen MR) is 62.9 cm³/mol. The number of aryl methyl sites for hydroxylation is 1. The number of nitrogens with one attached hydrogen (secondary N) is 1. The monoisotopic (exact) mass is 208 g/mol. The van der Waals surface area contributed by atoms with E-state index in [0.717, 1.165) is 25.2 Å². The van der Waals surface area contributed by atoms with E-state index in [0.29, 0.717) is 5.92 Å². The second-order valence-electron chi connectivity index (χ2n) is 3.89. The average Bonchev–Trinajstić information content (AvgIpc) is 2.24. The first-order chi connectivity index (χ1) is 7.26. The Morgan fingerprint density at radius 1 is 1.53 bits per heavy atom. The predicted octanol–water partition coefficient (Wildman–Crippen LogP) is 2.21. The van der Waals surface area contributed by atoms with Crippen molar-refractivity contribution in [2.45, 2.75) is 26.7 Å². The van der Waals surface area contributed by atoms with Gasteiger partial charge >= 0.3 is 0 Å². The van der Waals surface area contributed by atoms with Crippen LogP contribution >= 0.6 is 0 Å². The van der Waals surface area contributed by atoms with Gasteiger partial charge in [0.25, 0.3) is 0 Å². The topological polar surface area (TPSA) is 45.1 Å². The van der Waals surface area contributed by atoms with E-state index in [-0.39, 0.29) is 6.61 Å². The fraction of sp³-hybridized carbons (Fsp3) is 0.583. The SMILES string of the molecule is CCC(CCO)CNc1cc(C)ccn1. The van der Waals surface area contributed by atoms with Crippen molar-refractivity contribution in [1.29, 1.82) is 0 Å². The molecule has 0 aliphatic carbocycles. The zero-order valence-corrected chi connectivity index (χ0v) is 9.53. The van der Waals surface area contributed by atoms with E-state index < -0.39 is 0 Å². The summed E-state index contributed by atoms with van der Waals surface area (Å²) in [7, 11) is 0. The van der Waals surface area contributed by atoms with Crippen LogP contribution in [-0.2, 0) is 0 Å². The number of hydrogen-bond donors (Lipinski definition) is 2. The second-order valence-corrected chi connectivity index (χ2v) is 3.89. The van der Waals surface area contributed by atoms with Crippen molar-refractivity contribution in [2.75, 3.05) is 18.5 Å². The molecule has 0 saturated carbocycles. The van der Waals surface area contributed by atoms with Crippen LogP contribution < -0.4 is 5.32 Å². The van der Waals surface area contributed by atoms with E-state index in [4.69, 9.17) is 5.11 Å². The minimum Gasteiger partial charge on any atom is -0.396 e. The molecule has 0 aliphatic heterocycles. The van der Waals surface area contributed by atoms with Crippen molar-refractivity contribution >= 4 is 5.82 Å². The number of aromatic nitrogens is 1. The molecule has 84 valence electrons. The van der Waals surface area contributed by atoms with E-state index in [1.165, 1.54) is 5.56 Å². The van der Waals surface area contributed by atoms with Crippen molar-refractivity contribution in [3.63, 3.8) is 0 Å². The molecule has 0 aliphatic rings. The lowest BCUT2D eigenvalue weighted by Gasteiger charge is -2.14. The third-order valence-corrected chi connectivity index (χ3v) is 2.60. The Morgan fingerprint density at radius 2 is 2.33 bits per heavy atom. The van der Waals surface area contributed by atoms with Crippen LogP contribution in [0.2, 0.25) is 0 Å². The van der Waals surface area contributed by atoms with Crippen molar-refractivity contribution in [3.8, 4) is 0 Å². The largest absolute Gasteiger partial charge is 0.396 e. The maximum absolute atomic E-state index is 8.87. The van der Waals surface area contributed by atoms with Gasteiger partial charge in [0, 0.05) is 19.3 Å². The lowest BCUT2D eigenvalue weighted by molar-refractivity contribution is 0.258. The molecule has 0 radical (unpaired) electrons. The van der Waals surface area contributed by atoms with Crippen LogP contribution in [0.3, 0.4) is 0 Å². The first-order valence-corrected chi connectivity index (χ1v) is 5.53. The number of anilines is 1. The summed E-state index contributed by atoms with van der Waals surface area (Å²) in [6, 6.07) is 4.02. The Morgan fingerprint density at radius 3 is 2.93 bits per heavy atom. The van der Waals surface area contributed by atoms with Gasteiger partial charge in [0.2, 0.25) is 0 Å². The molecule has 0 bridgehead atoms. The standard InChI is InChI=1S/C12H20N2O/c1-3-11(5-7-15)9-14-12-8-10(2)4-6-13-12/h4,6,8,11,15H,3,5,7,9H2,1-2H3,(H,13,14). The van der Waals surface area contributed by atoms with Gasteiger partial charge in [-0.15, -0.1) is 0 Å². The Kier molecular flexibility index (Phi) is 5.12. The molecule has 1 aromatic heterocycles. The normalized spacial score (nSPS) is 12.5. The molecule has 0 aromatic carbocycles. The molecular weight excluding hydrogens is 188 g/mol. The molecule has 1 heterocycles. The summed E-state index contributed by atoms with van der Waals surface area (Å²) in [5.41, 5.74) is 1.21. The summed E-state index contributed by atoms with van der Waals surface area (Å²) >= 11 is 0. The van der Waals surface area contributed by atoms with Gasteiger partial charge in [0.15, 0.2) is 0 Å². The Balaban J connectivity index is 2.41. The molecule has 1 aromatic rings. The molecule has 3 nitrogen and oxygen atoms in total. The van der Waals surface area contributed by atoms with E-state index in [9.17, 15) is 0 Å². The van der Waals surface area contributed by atoms with Gasteiger partial charge in [-0.1, -0.05) is 13.3 Å². The van der Waals surface area contributed by atoms with Crippen molar-refractivity contribution in [3.05, 3.63) is 23.9 Å². The van der Waals surface area contributed by atoms with Gasteiger partial charge in [-0.2, -0.15) is 0 Å². The van der Waals surface area contributed by atoms with Gasteiger partial charge < -0.3 is 10.4 Å². The molecule has 2 N–H and O–H groups in total. The molecule has 0 amide bonds. The minimum atomic E-state index is 0.265. The zero-order chi connectivity index (χ0) is 11.1. The van der Waals surface area contributed by atoms with Crippen LogP contribution in [0, 0.1) is 12.8 Å². The first kappa shape index (κ1) is 12.0. The maximum atomic E-state index is 8.87. The fourth-order valence-corrected chi connectivity index (χ4v) is 1.51. The van der Waals surface area contributed by atoms with Gasteiger partial charge in [0.05, 0.1) is 0 Å². The van der Waals surface area contributed by atoms with Crippen LogP contribution in [0.15, 0.2) is 18.3 Å². The molecular formula is C12H20N2O. The van der Waals surface area contributed by atoms with Crippen molar-refractivity contribution < 1.29 is 5.11 Å². The third-order valence-electron chi connectivity index (χ3n) is 2.60. The summed E-state index contributed by atoms with van der Waals surface area (Å²) in [6.45, 7) is 5.35. The molecule has 1 rings (SSSR count). The smallest absolute Gasteiger partial charge is 0.126 e. The van der Waals surface area contributed by atoms with E-state index in [1.807, 2.05) is 18.3 Å². The number of hydrogen-bond acceptors (Lipinski definition) is 3. The Hall–Kier alpha value is -1.09. The lowest BCUT2D eigenvalue weighted by atomic mass is 10.0. The Labute approximate surface area is 91.5 Å². The van der Waals surface area contributed by atoms with Gasteiger partial charge in [-0.25, -0.2) is 4.98 Å². The second kappa shape index (κ2) is 6.40. The number of nitrogens with zero attached hydrogens (tertiary/aromatic N) is 1. The van der Waals surface area contributed by atoms with Crippen LogP contribution in [0.1, 0.15) is 25.3 Å².